The molecule has 0 bridgehead atoms. The zero-order valence-electron chi connectivity index (χ0n) is 14.7. The molecule has 0 aliphatic carbocycles. The number of nitrogens with zero attached hydrogens (tertiary/aromatic N) is 2. The number of unbranched alkanes of at least 4 members (excludes halogenated alkanes) is 1. The Balaban J connectivity index is 2.45. The van der Waals surface area contributed by atoms with Gasteiger partial charge < -0.3 is 19.5 Å². The van der Waals surface area contributed by atoms with E-state index in [1.807, 2.05) is 0 Å². The first-order chi connectivity index (χ1) is 10.3. The van der Waals surface area contributed by atoms with Gasteiger partial charge >= 0.3 is 6.09 Å². The predicted octanol–water partition coefficient (Wildman–Crippen LogP) is 1.72. The fraction of sp³-hybridized carbons (Fsp3) is 0.938. The van der Waals surface area contributed by atoms with E-state index in [1.165, 1.54) is 0 Å². The van der Waals surface area contributed by atoms with E-state index in [4.69, 9.17) is 14.6 Å². The molecule has 2 unspecified atom stereocenters. The fourth-order valence-corrected chi connectivity index (χ4v) is 2.85. The van der Waals surface area contributed by atoms with Crippen molar-refractivity contribution in [2.45, 2.75) is 57.7 Å². The van der Waals surface area contributed by atoms with Crippen molar-refractivity contribution in [3.8, 4) is 0 Å². The molecule has 130 valence electrons. The number of hydrogen-bond acceptors (Lipinski definition) is 5. The van der Waals surface area contributed by atoms with Crippen molar-refractivity contribution in [2.75, 3.05) is 40.5 Å². The number of methoxy groups -OCH3 is 1. The molecule has 1 aliphatic rings. The van der Waals surface area contributed by atoms with Crippen molar-refractivity contribution in [2.24, 2.45) is 0 Å². The minimum absolute atomic E-state index is 0.0252. The molecule has 1 rings (SSSR count). The van der Waals surface area contributed by atoms with Crippen molar-refractivity contribution < 1.29 is 19.4 Å². The van der Waals surface area contributed by atoms with Gasteiger partial charge in [-0.1, -0.05) is 0 Å². The Hall–Kier alpha value is -0.850. The van der Waals surface area contributed by atoms with E-state index in [2.05, 4.69) is 25.7 Å². The third-order valence-electron chi connectivity index (χ3n) is 4.18. The molecular formula is C16H32N2O4. The first-order valence-corrected chi connectivity index (χ1v) is 8.08. The number of likely N-dealkylation sites (tertiary alicyclic amines) is 1. The Morgan fingerprint density at radius 3 is 2.59 bits per heavy atom. The Bertz CT molecular complexity index is 344. The van der Waals surface area contributed by atoms with E-state index in [1.54, 1.807) is 19.1 Å². The highest BCUT2D eigenvalue weighted by atomic mass is 16.6. The number of amides is 1. The number of aliphatic hydroxyl groups is 1. The summed E-state index contributed by atoms with van der Waals surface area (Å²) in [6.45, 7) is 8.52. The lowest BCUT2D eigenvalue weighted by molar-refractivity contribution is 0.0474. The van der Waals surface area contributed by atoms with Gasteiger partial charge in [-0.25, -0.2) is 4.79 Å². The maximum Gasteiger partial charge on any atom is 0.409 e. The number of aliphatic hydroxyl groups excluding tert-OH is 1. The Morgan fingerprint density at radius 1 is 1.36 bits per heavy atom. The van der Waals surface area contributed by atoms with Crippen LogP contribution < -0.4 is 0 Å². The van der Waals surface area contributed by atoms with Crippen LogP contribution in [-0.2, 0) is 9.47 Å². The second-order valence-corrected chi connectivity index (χ2v) is 7.00. The molecule has 0 spiro atoms. The zero-order chi connectivity index (χ0) is 16.8. The quantitative estimate of drug-likeness (QED) is 0.725. The topological polar surface area (TPSA) is 62.2 Å². The summed E-state index contributed by atoms with van der Waals surface area (Å²) in [6, 6.07) is 0.194. The smallest absolute Gasteiger partial charge is 0.409 e. The average molecular weight is 316 g/mol. The highest BCUT2D eigenvalue weighted by Gasteiger charge is 2.39. The van der Waals surface area contributed by atoms with Crippen molar-refractivity contribution in [1.82, 2.24) is 9.80 Å². The first-order valence-electron chi connectivity index (χ1n) is 8.08. The van der Waals surface area contributed by atoms with E-state index in [9.17, 15) is 4.79 Å². The van der Waals surface area contributed by atoms with Crippen LogP contribution in [0.5, 0.6) is 0 Å². The molecule has 0 radical (unpaired) electrons. The van der Waals surface area contributed by atoms with Gasteiger partial charge in [0.1, 0.15) is 6.61 Å². The van der Waals surface area contributed by atoms with Gasteiger partial charge in [0.2, 0.25) is 0 Å². The van der Waals surface area contributed by atoms with Gasteiger partial charge in [0, 0.05) is 45.4 Å². The van der Waals surface area contributed by atoms with E-state index in [0.717, 1.165) is 19.4 Å². The summed E-state index contributed by atoms with van der Waals surface area (Å²) in [7, 11) is 3.46. The minimum atomic E-state index is -0.298. The van der Waals surface area contributed by atoms with Crippen LogP contribution in [0.2, 0.25) is 0 Å². The molecule has 1 fully saturated rings. The zero-order valence-corrected chi connectivity index (χ0v) is 14.7. The summed E-state index contributed by atoms with van der Waals surface area (Å²) >= 11 is 0. The number of rotatable bonds is 7. The van der Waals surface area contributed by atoms with Crippen LogP contribution in [-0.4, -0.2) is 79.1 Å². The number of carbonyl (C=O) groups excluding carboxylic acids is 1. The van der Waals surface area contributed by atoms with Gasteiger partial charge in [-0.3, -0.25) is 4.90 Å². The van der Waals surface area contributed by atoms with Gasteiger partial charge in [-0.15, -0.1) is 0 Å². The molecule has 1 aliphatic heterocycles. The highest BCUT2D eigenvalue weighted by Crippen LogP contribution is 2.28. The minimum Gasteiger partial charge on any atom is -0.448 e. The number of carbonyl (C=O) groups is 1. The van der Waals surface area contributed by atoms with Crippen LogP contribution in [0.15, 0.2) is 0 Å². The SMILES string of the molecule is COC1CC(COC(=O)N(C)CCCCO)N(C(C)(C)C)C1. The summed E-state index contributed by atoms with van der Waals surface area (Å²) in [6.07, 6.45) is 2.27. The molecule has 22 heavy (non-hydrogen) atoms. The molecule has 0 saturated carbocycles. The Morgan fingerprint density at radius 2 is 2.05 bits per heavy atom. The maximum atomic E-state index is 12.0. The van der Waals surface area contributed by atoms with E-state index < -0.39 is 0 Å². The summed E-state index contributed by atoms with van der Waals surface area (Å²) in [5.74, 6) is 0. The fourth-order valence-electron chi connectivity index (χ4n) is 2.85. The van der Waals surface area contributed by atoms with Gasteiger partial charge in [0.15, 0.2) is 0 Å². The molecular weight excluding hydrogens is 284 g/mol. The van der Waals surface area contributed by atoms with Crippen LogP contribution >= 0.6 is 0 Å². The summed E-state index contributed by atoms with van der Waals surface area (Å²) in [5.41, 5.74) is 0.0252. The third kappa shape index (κ3) is 5.74. The number of ether oxygens (including phenoxy) is 2. The second kappa shape index (κ2) is 8.70. The van der Waals surface area contributed by atoms with Crippen molar-refractivity contribution in [1.29, 1.82) is 0 Å². The van der Waals surface area contributed by atoms with Crippen molar-refractivity contribution in [3.05, 3.63) is 0 Å². The molecule has 2 atom stereocenters. The number of hydrogen-bond donors (Lipinski definition) is 1. The molecule has 0 aromatic heterocycles. The maximum absolute atomic E-state index is 12.0. The average Bonchev–Trinajstić information content (AvgIpc) is 2.88. The Kier molecular flexibility index (Phi) is 7.59. The van der Waals surface area contributed by atoms with Crippen LogP contribution in [0.3, 0.4) is 0 Å². The lowest BCUT2D eigenvalue weighted by Gasteiger charge is -2.36. The van der Waals surface area contributed by atoms with Gasteiger partial charge in [0.05, 0.1) is 6.10 Å². The van der Waals surface area contributed by atoms with Gasteiger partial charge in [-0.2, -0.15) is 0 Å². The normalized spacial score (nSPS) is 22.8. The second-order valence-electron chi connectivity index (χ2n) is 7.00. The van der Waals surface area contributed by atoms with E-state index >= 15 is 0 Å². The first kappa shape index (κ1) is 19.2. The molecule has 0 aromatic rings. The molecule has 6 heteroatoms. The molecule has 1 heterocycles. The molecule has 6 nitrogen and oxygen atoms in total. The summed E-state index contributed by atoms with van der Waals surface area (Å²) < 4.78 is 10.9. The molecule has 1 N–H and O–H groups in total. The largest absolute Gasteiger partial charge is 0.448 e. The highest BCUT2D eigenvalue weighted by molar-refractivity contribution is 5.67. The summed E-state index contributed by atoms with van der Waals surface area (Å²) in [5, 5.41) is 8.77. The standard InChI is InChI=1S/C16H32N2O4/c1-16(2,3)18-11-14(21-5)10-13(18)12-22-15(20)17(4)8-6-7-9-19/h13-14,19H,6-12H2,1-5H3. The van der Waals surface area contributed by atoms with Crippen LogP contribution in [0.25, 0.3) is 0 Å². The lowest BCUT2D eigenvalue weighted by atomic mass is 10.1. The molecule has 1 saturated heterocycles. The van der Waals surface area contributed by atoms with E-state index in [0.29, 0.717) is 19.6 Å². The van der Waals surface area contributed by atoms with Crippen LogP contribution in [0.1, 0.15) is 40.0 Å². The molecule has 0 aromatic carbocycles. The van der Waals surface area contributed by atoms with Gasteiger partial charge in [-0.05, 0) is 40.0 Å². The summed E-state index contributed by atoms with van der Waals surface area (Å²) in [4.78, 5) is 15.9. The predicted molar refractivity (Wildman–Crippen MR) is 86.0 cm³/mol. The van der Waals surface area contributed by atoms with Gasteiger partial charge in [0.25, 0.3) is 0 Å². The Labute approximate surface area is 134 Å². The van der Waals surface area contributed by atoms with E-state index in [-0.39, 0.29) is 30.4 Å². The lowest BCUT2D eigenvalue weighted by Crippen LogP contribution is -2.47. The molecule has 1 amide bonds. The third-order valence-corrected chi connectivity index (χ3v) is 4.18. The van der Waals surface area contributed by atoms with Crippen molar-refractivity contribution >= 4 is 6.09 Å². The monoisotopic (exact) mass is 316 g/mol. The van der Waals surface area contributed by atoms with Crippen LogP contribution in [0, 0.1) is 0 Å². The van der Waals surface area contributed by atoms with Crippen LogP contribution in [0.4, 0.5) is 4.79 Å². The van der Waals surface area contributed by atoms with Crippen molar-refractivity contribution in [3.63, 3.8) is 0 Å².